The van der Waals surface area contributed by atoms with Crippen LogP contribution < -0.4 is 5.32 Å². The van der Waals surface area contributed by atoms with Crippen molar-refractivity contribution in [3.05, 3.63) is 29.8 Å². The lowest BCUT2D eigenvalue weighted by atomic mass is 9.51. The maximum atomic E-state index is 13.3. The number of sulfone groups is 1. The Morgan fingerprint density at radius 3 is 2.00 bits per heavy atom. The number of hydrogen-bond acceptors (Lipinski definition) is 3. The molecule has 1 aromatic rings. The van der Waals surface area contributed by atoms with E-state index in [4.69, 9.17) is 0 Å². The van der Waals surface area contributed by atoms with E-state index < -0.39 is 9.84 Å². The molecule has 1 N–H and O–H groups in total. The van der Waals surface area contributed by atoms with Gasteiger partial charge in [0.25, 0.3) is 0 Å². The first-order valence-electron chi connectivity index (χ1n) is 12.8. The fourth-order valence-corrected chi connectivity index (χ4v) is 8.56. The number of fused-ring (bicyclic) bond motifs is 5. The van der Waals surface area contributed by atoms with E-state index >= 15 is 0 Å². The predicted molar refractivity (Wildman–Crippen MR) is 127 cm³/mol. The van der Waals surface area contributed by atoms with E-state index in [0.29, 0.717) is 16.7 Å². The maximum Gasteiger partial charge on any atom is 0.226 e. The monoisotopic (exact) mass is 457 g/mol. The molecule has 5 saturated carbocycles. The van der Waals surface area contributed by atoms with Gasteiger partial charge in [0.1, 0.15) is 0 Å². The van der Waals surface area contributed by atoms with Gasteiger partial charge in [-0.3, -0.25) is 4.79 Å². The Labute approximate surface area is 193 Å². The van der Waals surface area contributed by atoms with Crippen molar-refractivity contribution in [1.82, 2.24) is 5.32 Å². The molecule has 1 aromatic carbocycles. The van der Waals surface area contributed by atoms with Crippen molar-refractivity contribution in [1.29, 1.82) is 0 Å². The van der Waals surface area contributed by atoms with Crippen LogP contribution in [0.25, 0.3) is 0 Å². The number of rotatable bonds is 5. The average molecular weight is 458 g/mol. The van der Waals surface area contributed by atoms with Crippen LogP contribution in [-0.2, 0) is 20.0 Å². The predicted octanol–water partition coefficient (Wildman–Crippen LogP) is 5.26. The van der Waals surface area contributed by atoms with E-state index in [1.807, 2.05) is 12.1 Å². The molecule has 4 nitrogen and oxygen atoms in total. The van der Waals surface area contributed by atoms with Gasteiger partial charge < -0.3 is 5.32 Å². The van der Waals surface area contributed by atoms with Gasteiger partial charge in [-0.2, -0.15) is 0 Å². The van der Waals surface area contributed by atoms with Gasteiger partial charge >= 0.3 is 0 Å². The van der Waals surface area contributed by atoms with Crippen molar-refractivity contribution < 1.29 is 13.2 Å². The van der Waals surface area contributed by atoms with Gasteiger partial charge in [0, 0.05) is 18.2 Å². The van der Waals surface area contributed by atoms with E-state index in [2.05, 4.69) is 12.2 Å². The second kappa shape index (κ2) is 8.14. The first-order valence-corrected chi connectivity index (χ1v) is 14.7. The zero-order chi connectivity index (χ0) is 22.6. The Bertz CT molecular complexity index is 925. The number of amides is 1. The summed E-state index contributed by atoms with van der Waals surface area (Å²) in [6.45, 7) is 3.28. The average Bonchev–Trinajstić information content (AvgIpc) is 2.77. The molecule has 0 radical (unpaired) electrons. The van der Waals surface area contributed by atoms with Gasteiger partial charge in [0.2, 0.25) is 5.91 Å². The summed E-state index contributed by atoms with van der Waals surface area (Å²) in [6.07, 6.45) is 14.0. The summed E-state index contributed by atoms with van der Waals surface area (Å²) in [5, 5.41) is 3.41. The van der Waals surface area contributed by atoms with Gasteiger partial charge in [0.15, 0.2) is 9.84 Å². The molecule has 5 aliphatic rings. The third-order valence-electron chi connectivity index (χ3n) is 9.65. The summed E-state index contributed by atoms with van der Waals surface area (Å²) in [5.74, 6) is 3.64. The fourth-order valence-electron chi connectivity index (χ4n) is 7.93. The van der Waals surface area contributed by atoms with Crippen molar-refractivity contribution in [2.75, 3.05) is 12.8 Å². The van der Waals surface area contributed by atoms with E-state index in [0.717, 1.165) is 62.8 Å². The second-order valence-electron chi connectivity index (χ2n) is 11.9. The summed E-state index contributed by atoms with van der Waals surface area (Å²) in [7, 11) is -3.16. The number of nitrogens with one attached hydrogen (secondary N) is 1. The standard InChI is InChI=1S/C27H39NO3S/c1-19-13-20-15-21(14-19)17-22(16-20)18-28-25(29)27-10-7-26(8-11-27,9-12-27)23-3-5-24(6-4-23)32(2,30)31/h3-6,19-22H,7-18H2,1-2H3,(H,28,29)/t19?,20-,21?,22?,26?,27?/m1/s1. The molecule has 32 heavy (non-hydrogen) atoms. The molecule has 3 unspecified atom stereocenters. The van der Waals surface area contributed by atoms with E-state index in [1.165, 1.54) is 43.9 Å². The van der Waals surface area contributed by atoms with Gasteiger partial charge in [-0.15, -0.1) is 0 Å². The first kappa shape index (κ1) is 22.4. The zero-order valence-corrected chi connectivity index (χ0v) is 20.6. The first-order chi connectivity index (χ1) is 15.2. The Balaban J connectivity index is 1.18. The van der Waals surface area contributed by atoms with Crippen LogP contribution in [0.15, 0.2) is 29.2 Å². The molecular formula is C27H39NO3S. The van der Waals surface area contributed by atoms with Crippen LogP contribution in [0.5, 0.6) is 0 Å². The maximum absolute atomic E-state index is 13.3. The number of carbonyl (C=O) groups is 1. The van der Waals surface area contributed by atoms with Crippen LogP contribution in [0, 0.1) is 29.1 Å². The van der Waals surface area contributed by atoms with Crippen molar-refractivity contribution in [2.45, 2.75) is 87.9 Å². The smallest absolute Gasteiger partial charge is 0.226 e. The molecule has 0 aliphatic heterocycles. The molecule has 176 valence electrons. The van der Waals surface area contributed by atoms with Crippen molar-refractivity contribution >= 4 is 15.7 Å². The molecular weight excluding hydrogens is 418 g/mol. The van der Waals surface area contributed by atoms with E-state index in [1.54, 1.807) is 12.1 Å². The normalized spacial score (nSPS) is 38.9. The van der Waals surface area contributed by atoms with E-state index in [-0.39, 0.29) is 10.8 Å². The van der Waals surface area contributed by atoms with Crippen molar-refractivity contribution in [3.8, 4) is 0 Å². The molecule has 5 fully saturated rings. The van der Waals surface area contributed by atoms with Crippen LogP contribution in [0.2, 0.25) is 0 Å². The zero-order valence-electron chi connectivity index (χ0n) is 19.7. The molecule has 5 heteroatoms. The van der Waals surface area contributed by atoms with Gasteiger partial charge in [-0.25, -0.2) is 8.42 Å². The quantitative estimate of drug-likeness (QED) is 0.656. The van der Waals surface area contributed by atoms with Crippen LogP contribution in [0.4, 0.5) is 0 Å². The largest absolute Gasteiger partial charge is 0.355 e. The fraction of sp³-hybridized carbons (Fsp3) is 0.741. The highest BCUT2D eigenvalue weighted by atomic mass is 32.2. The third-order valence-corrected chi connectivity index (χ3v) is 10.8. The lowest BCUT2D eigenvalue weighted by Crippen LogP contribution is -2.52. The Morgan fingerprint density at radius 2 is 1.47 bits per heavy atom. The minimum Gasteiger partial charge on any atom is -0.355 e. The summed E-state index contributed by atoms with van der Waals surface area (Å²) in [6, 6.07) is 7.52. The SMILES string of the molecule is CC1CC2CC(CNC(=O)C34CCC(c5ccc(S(C)(=O)=O)cc5)(CC3)CC4)C[C@H](C1)C2. The Kier molecular flexibility index (Phi) is 5.71. The highest BCUT2D eigenvalue weighted by Gasteiger charge is 2.52. The molecule has 0 aromatic heterocycles. The number of carbonyl (C=O) groups excluding carboxylic acids is 1. The topological polar surface area (TPSA) is 63.2 Å². The van der Waals surface area contributed by atoms with Crippen molar-refractivity contribution in [3.63, 3.8) is 0 Å². The summed E-state index contributed by atoms with van der Waals surface area (Å²) < 4.78 is 23.6. The Hall–Kier alpha value is -1.36. The number of benzene rings is 1. The highest BCUT2D eigenvalue weighted by molar-refractivity contribution is 7.90. The minimum atomic E-state index is -3.16. The summed E-state index contributed by atoms with van der Waals surface area (Å²) in [4.78, 5) is 13.7. The molecule has 0 spiro atoms. The van der Waals surface area contributed by atoms with Crippen LogP contribution in [-0.4, -0.2) is 27.1 Å². The lowest BCUT2D eigenvalue weighted by Gasteiger charge is -2.53. The Morgan fingerprint density at radius 1 is 0.906 bits per heavy atom. The van der Waals surface area contributed by atoms with Gasteiger partial charge in [-0.1, -0.05) is 19.1 Å². The minimum absolute atomic E-state index is 0.121. The highest BCUT2D eigenvalue weighted by Crippen LogP contribution is 2.58. The van der Waals surface area contributed by atoms with Crippen LogP contribution >= 0.6 is 0 Å². The summed E-state index contributed by atoms with van der Waals surface area (Å²) in [5.41, 5.74) is 1.20. The molecule has 0 saturated heterocycles. The van der Waals surface area contributed by atoms with E-state index in [9.17, 15) is 13.2 Å². The van der Waals surface area contributed by atoms with Crippen LogP contribution in [0.3, 0.4) is 0 Å². The molecule has 4 bridgehead atoms. The third kappa shape index (κ3) is 4.15. The number of hydrogen-bond donors (Lipinski definition) is 1. The van der Waals surface area contributed by atoms with Crippen LogP contribution in [0.1, 0.15) is 83.1 Å². The molecule has 1 amide bonds. The molecule has 6 rings (SSSR count). The lowest BCUT2D eigenvalue weighted by molar-refractivity contribution is -0.138. The van der Waals surface area contributed by atoms with Gasteiger partial charge in [-0.05, 0) is 117 Å². The molecule has 0 heterocycles. The molecule has 4 atom stereocenters. The molecule has 5 aliphatic carbocycles. The van der Waals surface area contributed by atoms with Gasteiger partial charge in [0.05, 0.1) is 4.90 Å². The van der Waals surface area contributed by atoms with Crippen molar-refractivity contribution in [2.24, 2.45) is 29.1 Å². The summed E-state index contributed by atoms with van der Waals surface area (Å²) >= 11 is 0. The second-order valence-corrected chi connectivity index (χ2v) is 14.0.